The quantitative estimate of drug-likeness (QED) is 0.0197. The summed E-state index contributed by atoms with van der Waals surface area (Å²) in [6.07, 6.45) is 22.8. The Labute approximate surface area is 707 Å². The zero-order chi connectivity index (χ0) is 83.5. The average Bonchev–Trinajstić information content (AvgIpc) is 1.72. The van der Waals surface area contributed by atoms with Crippen molar-refractivity contribution in [2.24, 2.45) is 46.6 Å². The molecule has 13 rings (SSSR count). The van der Waals surface area contributed by atoms with Crippen LogP contribution in [0, 0.1) is 41.4 Å². The summed E-state index contributed by atoms with van der Waals surface area (Å²) in [6, 6.07) is 7.46. The molecule has 4 saturated carbocycles. The Morgan fingerprint density at radius 1 is 0.487 bits per heavy atom. The molecule has 1 aliphatic heterocycles. The van der Waals surface area contributed by atoms with Crippen molar-refractivity contribution in [2.75, 3.05) is 75.6 Å². The molecule has 0 aromatic carbocycles. The number of carbonyl (C=O) groups is 4. The van der Waals surface area contributed by atoms with E-state index in [9.17, 15) is 42.9 Å². The number of hydrogen-bond donors (Lipinski definition) is 9. The van der Waals surface area contributed by atoms with Gasteiger partial charge in [-0.05, 0) is 131 Å². The van der Waals surface area contributed by atoms with E-state index in [4.69, 9.17) is 75.6 Å². The number of aliphatic hydroxyl groups is 4. The maximum absolute atomic E-state index is 13.0. The molecule has 5 aliphatic rings. The van der Waals surface area contributed by atoms with Crippen LogP contribution in [-0.2, 0) is 59.9 Å². The lowest BCUT2D eigenvalue weighted by atomic mass is 9.96. The summed E-state index contributed by atoms with van der Waals surface area (Å²) in [5, 5.41) is 54.8. The summed E-state index contributed by atoms with van der Waals surface area (Å²) in [4.78, 5) is 86.9. The summed E-state index contributed by atoms with van der Waals surface area (Å²) in [6.45, 7) is 15.9. The van der Waals surface area contributed by atoms with Crippen LogP contribution in [0.1, 0.15) is 202 Å². The van der Waals surface area contributed by atoms with Crippen molar-refractivity contribution in [3.05, 3.63) is 156 Å². The number of aliphatic hydroxyl groups excluding tert-OH is 4. The number of nitrogens with two attached hydrogens (primary N) is 1. The summed E-state index contributed by atoms with van der Waals surface area (Å²) in [5.41, 5.74) is 4.52. The van der Waals surface area contributed by atoms with Crippen molar-refractivity contribution < 1.29 is 71.2 Å². The van der Waals surface area contributed by atoms with Gasteiger partial charge in [-0.2, -0.15) is 8.42 Å². The molecule has 628 valence electrons. The molecule has 8 aromatic rings. The molecule has 37 heteroatoms. The Balaban J connectivity index is 0.000000186. The van der Waals surface area contributed by atoms with Crippen LogP contribution in [0.25, 0.3) is 0 Å². The Bertz CT molecular complexity index is 4420. The smallest absolute Gasteiger partial charge is 0.333 e. The molecule has 10 N–H and O–H groups in total. The Kier molecular flexibility index (Phi) is 38.4. The number of aromatic nitrogens is 8. The van der Waals surface area contributed by atoms with Crippen LogP contribution < -0.4 is 26.4 Å². The SMILES string of the molecule is C1CCOC1.CCO.CC[C@H]1C[C@@H](Nc2ncncc2C(=O)c2cc(CO)c(Cl)s2)C[C@@H]1C.CC[C@H]1C[C@@H](Nc2ncncc2C(=O)c2cc(COC)c(Cl)s2)C[C@@H]1C.COCc1cc(C(=O)c2cncnc2N[C@@H]2C[C@H](CO)[C@@H](C)C2)sc1Cl.COCc1cc(C(=O)c2cncnc2N[C@@H]2C[C@H](COS(N)(=O)=O)[C@@H](O)C2)sc1Cl. The molecule has 0 spiro atoms. The van der Waals surface area contributed by atoms with Crippen molar-refractivity contribution in [1.29, 1.82) is 0 Å². The number of ether oxygens (including phenoxy) is 4. The van der Waals surface area contributed by atoms with E-state index in [1.54, 1.807) is 64.9 Å². The van der Waals surface area contributed by atoms with Gasteiger partial charge in [-0.25, -0.2) is 45.0 Å². The van der Waals surface area contributed by atoms with Gasteiger partial charge in [-0.15, -0.1) is 45.3 Å². The molecule has 9 heterocycles. The molecule has 0 unspecified atom stereocenters. The van der Waals surface area contributed by atoms with Gasteiger partial charge in [0.2, 0.25) is 23.1 Å². The zero-order valence-electron chi connectivity index (χ0n) is 65.7. The van der Waals surface area contributed by atoms with Crippen LogP contribution in [0.15, 0.2) is 74.4 Å². The molecule has 115 heavy (non-hydrogen) atoms. The highest BCUT2D eigenvalue weighted by Crippen LogP contribution is 2.41. The van der Waals surface area contributed by atoms with Gasteiger partial charge in [0.15, 0.2) is 0 Å². The second-order valence-corrected chi connectivity index (χ2v) is 36.6. The lowest BCUT2D eigenvalue weighted by Gasteiger charge is -2.15. The minimum atomic E-state index is -4.08. The topological polar surface area (TPSA) is 407 Å². The van der Waals surface area contributed by atoms with Crippen molar-refractivity contribution in [3.8, 4) is 0 Å². The molecule has 4 aliphatic carbocycles. The minimum absolute atomic E-state index is 0.111. The molecule has 5 fully saturated rings. The first-order valence-electron chi connectivity index (χ1n) is 38.0. The van der Waals surface area contributed by atoms with Gasteiger partial charge in [0, 0.05) is 125 Å². The number of anilines is 4. The molecule has 8 aromatic heterocycles. The molecule has 1 saturated heterocycles. The van der Waals surface area contributed by atoms with Gasteiger partial charge in [-0.1, -0.05) is 93.9 Å². The minimum Gasteiger partial charge on any atom is -0.397 e. The first-order chi connectivity index (χ1) is 55.2. The number of halogens is 4. The normalized spacial score (nSPS) is 22.0. The maximum Gasteiger partial charge on any atom is 0.333 e. The highest BCUT2D eigenvalue weighted by molar-refractivity contribution is 7.84. The van der Waals surface area contributed by atoms with E-state index >= 15 is 0 Å². The van der Waals surface area contributed by atoms with Crippen LogP contribution >= 0.6 is 91.8 Å². The van der Waals surface area contributed by atoms with Gasteiger partial charge in [0.1, 0.15) is 48.6 Å². The number of nitrogens with one attached hydrogen (secondary N) is 4. The fourth-order valence-corrected chi connectivity index (χ4v) is 19.7. The van der Waals surface area contributed by atoms with Crippen molar-refractivity contribution in [2.45, 2.75) is 175 Å². The lowest BCUT2D eigenvalue weighted by Crippen LogP contribution is -2.24. The van der Waals surface area contributed by atoms with Crippen LogP contribution in [-0.4, -0.2) is 176 Å². The maximum atomic E-state index is 13.0. The summed E-state index contributed by atoms with van der Waals surface area (Å²) in [7, 11) is 0.654. The fourth-order valence-electron chi connectivity index (χ4n) is 14.5. The number of ketones is 4. The summed E-state index contributed by atoms with van der Waals surface area (Å²) in [5.74, 6) is 4.38. The molecule has 12 atom stereocenters. The standard InChI is InChI=1S/C19H24ClN3O2S.C18H22ClN3O3S.C18H22ClN3O2S.C17H21ClN4O6S2.C4H8O.C2H6O/c1-4-12-6-14(5-11(12)2)23-19-15(8-21-10-22-19)17(24)16-7-13(9-25-3)18(20)26-16;1-10-3-13(4-11(10)7-23)22-18-14(6-20-9-21-18)16(24)15-5-12(8-25-2)17(19)26-15;1-3-11-5-13(4-10(11)2)22-18-14(7-20-9-21-18)16(24)15-6-12(8-23)17(19)25-15;1-27-6-10-3-14(29-16(10)18)15(24)12-5-20-8-21-17(12)22-11-2-9(13(23)4-11)7-28-30(19,25)26;1-2-4-5-3-1;1-2-3/h7-8,10-12,14H,4-6,9H2,1-3H3,(H,21,22,23);5-6,9-11,13,23H,3-4,7-8H2,1-2H3,(H,20,21,22);6-7,9-11,13,23H,3-5,8H2,1-2H3,(H,20,21,22);3,5,8-9,11,13,23H,2,4,6-7H2,1H3,(H2,19,25,26)(H,20,21,22);1-4H2;3H,2H2,1H3/t11-,12-,14-;10-,11+,13-;10-,11-,13-;9-,11-,13+;;/m0001../s1. The molecular weight excluding hydrogens is 1660 g/mol. The first-order valence-corrected chi connectivity index (χ1v) is 44.2. The highest BCUT2D eigenvalue weighted by atomic mass is 35.5. The highest BCUT2D eigenvalue weighted by Gasteiger charge is 2.37. The second kappa shape index (κ2) is 46.9. The van der Waals surface area contributed by atoms with Gasteiger partial charge < -0.3 is 60.6 Å². The number of carbonyl (C=O) groups excluding carboxylic acids is 4. The van der Waals surface area contributed by atoms with Crippen molar-refractivity contribution in [1.82, 2.24) is 39.9 Å². The number of rotatable bonds is 29. The summed E-state index contributed by atoms with van der Waals surface area (Å²) >= 11 is 29.5. The van der Waals surface area contributed by atoms with E-state index in [0.717, 1.165) is 85.7 Å². The third-order valence-corrected chi connectivity index (χ3v) is 26.8. The van der Waals surface area contributed by atoms with Crippen LogP contribution in [0.2, 0.25) is 17.3 Å². The van der Waals surface area contributed by atoms with E-state index in [1.165, 1.54) is 97.4 Å². The predicted octanol–water partition coefficient (Wildman–Crippen LogP) is 14.5. The lowest BCUT2D eigenvalue weighted by molar-refractivity contribution is 0.100. The van der Waals surface area contributed by atoms with Crippen LogP contribution in [0.4, 0.5) is 23.3 Å². The molecule has 0 amide bonds. The Hall–Kier alpha value is -6.29. The van der Waals surface area contributed by atoms with Gasteiger partial charge in [-0.3, -0.25) is 23.4 Å². The third kappa shape index (κ3) is 27.4. The molecule has 0 radical (unpaired) electrons. The monoisotopic (exact) mass is 1760 g/mol. The Morgan fingerprint density at radius 2 is 0.783 bits per heavy atom. The van der Waals surface area contributed by atoms with E-state index in [-0.39, 0.29) is 73.1 Å². The van der Waals surface area contributed by atoms with E-state index in [1.807, 2.05) is 0 Å². The average molecular weight is 1760 g/mol. The third-order valence-electron chi connectivity index (χ3n) is 20.5. The van der Waals surface area contributed by atoms with Crippen molar-refractivity contribution >= 4 is 148 Å². The van der Waals surface area contributed by atoms with E-state index in [0.29, 0.717) is 151 Å². The second-order valence-electron chi connectivity index (χ2n) is 28.8. The van der Waals surface area contributed by atoms with E-state index < -0.39 is 22.3 Å². The molecule has 28 nitrogen and oxygen atoms in total. The number of hydrogen-bond acceptors (Lipinski definition) is 31. The fraction of sp³-hybridized carbons (Fsp3) is 0.538. The van der Waals surface area contributed by atoms with E-state index in [2.05, 4.69) is 99.9 Å². The van der Waals surface area contributed by atoms with Crippen LogP contribution in [0.5, 0.6) is 0 Å². The number of thiophene rings is 4. The van der Waals surface area contributed by atoms with Gasteiger partial charge >= 0.3 is 10.3 Å². The Morgan fingerprint density at radius 3 is 1.04 bits per heavy atom. The van der Waals surface area contributed by atoms with Crippen LogP contribution in [0.3, 0.4) is 0 Å². The van der Waals surface area contributed by atoms with Gasteiger partial charge in [0.25, 0.3) is 0 Å². The number of methoxy groups -OCH3 is 3. The zero-order valence-corrected chi connectivity index (χ0v) is 72.8. The number of nitrogens with zero attached hydrogens (tertiary/aromatic N) is 8. The first kappa shape index (κ1) is 94.2. The predicted molar refractivity (Wildman–Crippen MR) is 451 cm³/mol. The van der Waals surface area contributed by atoms with Crippen molar-refractivity contribution in [3.63, 3.8) is 0 Å². The largest absolute Gasteiger partial charge is 0.397 e. The molecular formula is C78H103Cl4N13O15S5. The summed E-state index contributed by atoms with van der Waals surface area (Å²) < 4.78 is 48.8. The van der Waals surface area contributed by atoms with Gasteiger partial charge in [0.05, 0.1) is 98.2 Å². The molecule has 0 bridgehead atoms.